The Bertz CT molecular complexity index is 1640. The van der Waals surface area contributed by atoms with Crippen LogP contribution in [0.3, 0.4) is 0 Å². The lowest BCUT2D eigenvalue weighted by Gasteiger charge is -2.38. The first-order valence-electron chi connectivity index (χ1n) is 15.3. The number of imide groups is 1. The Morgan fingerprint density at radius 2 is 1.62 bits per heavy atom. The maximum Gasteiger partial charge on any atom is 0.410 e. The molecule has 3 amide bonds. The van der Waals surface area contributed by atoms with Gasteiger partial charge < -0.3 is 24.0 Å². The number of methoxy groups -OCH3 is 2. The lowest BCUT2D eigenvalue weighted by atomic mass is 10.0. The number of aryl methyl sites for hydroxylation is 1. The molecule has 0 spiro atoms. The summed E-state index contributed by atoms with van der Waals surface area (Å²) in [5.41, 5.74) is 1.90. The van der Waals surface area contributed by atoms with Crippen molar-refractivity contribution in [3.63, 3.8) is 0 Å². The number of hydrogen-bond donors (Lipinski definition) is 0. The van der Waals surface area contributed by atoms with Crippen molar-refractivity contribution < 1.29 is 28.6 Å². The smallest absolute Gasteiger partial charge is 0.410 e. The third-order valence-electron chi connectivity index (χ3n) is 8.71. The zero-order valence-electron chi connectivity index (χ0n) is 27.2. The zero-order chi connectivity index (χ0) is 32.6. The number of anilines is 1. The first-order chi connectivity index (χ1) is 21.3. The van der Waals surface area contributed by atoms with E-state index in [2.05, 4.69) is 4.90 Å². The Kier molecular flexibility index (Phi) is 8.86. The number of amides is 3. The fraction of sp³-hybridized carbons (Fsp3) is 0.515. The number of hydrogen-bond acceptors (Lipinski definition) is 8. The average molecular weight is 622 g/mol. The van der Waals surface area contributed by atoms with Crippen LogP contribution in [0.15, 0.2) is 41.2 Å². The molecule has 2 aliphatic heterocycles. The molecule has 0 saturated carbocycles. The highest BCUT2D eigenvalue weighted by atomic mass is 16.6. The first kappa shape index (κ1) is 31.9. The molecule has 0 aliphatic carbocycles. The fourth-order valence-corrected chi connectivity index (χ4v) is 6.31. The molecule has 0 bridgehead atoms. The van der Waals surface area contributed by atoms with Crippen LogP contribution in [0.25, 0.3) is 11.0 Å². The molecule has 3 heterocycles. The van der Waals surface area contributed by atoms with E-state index in [1.54, 1.807) is 56.0 Å². The molecule has 2 aliphatic rings. The minimum atomic E-state index is -0.827. The molecule has 0 radical (unpaired) electrons. The van der Waals surface area contributed by atoms with Crippen molar-refractivity contribution in [2.45, 2.75) is 70.7 Å². The summed E-state index contributed by atoms with van der Waals surface area (Å²) in [6, 6.07) is 10.0. The number of ether oxygens (including phenoxy) is 3. The minimum absolute atomic E-state index is 0.00352. The molecule has 2 saturated heterocycles. The van der Waals surface area contributed by atoms with Gasteiger partial charge in [-0.05, 0) is 69.9 Å². The van der Waals surface area contributed by atoms with E-state index in [4.69, 9.17) is 14.2 Å². The molecular weight excluding hydrogens is 578 g/mol. The van der Waals surface area contributed by atoms with Gasteiger partial charge in [0.1, 0.15) is 28.8 Å². The van der Waals surface area contributed by atoms with Crippen molar-refractivity contribution in [3.8, 4) is 11.5 Å². The van der Waals surface area contributed by atoms with Crippen LogP contribution < -0.4 is 20.1 Å². The van der Waals surface area contributed by atoms with Crippen molar-refractivity contribution >= 4 is 34.6 Å². The van der Waals surface area contributed by atoms with Crippen molar-refractivity contribution in [2.24, 2.45) is 7.05 Å². The van der Waals surface area contributed by atoms with Gasteiger partial charge in [0, 0.05) is 39.6 Å². The molecule has 1 unspecified atom stereocenters. The second-order valence-electron chi connectivity index (χ2n) is 12.7. The number of carbonyl (C=O) groups is 3. The number of likely N-dealkylation sites (tertiary alicyclic amines) is 1. The Labute approximate surface area is 263 Å². The lowest BCUT2D eigenvalue weighted by Crippen LogP contribution is -2.47. The van der Waals surface area contributed by atoms with E-state index < -0.39 is 17.6 Å². The Morgan fingerprint density at radius 1 is 0.956 bits per heavy atom. The average Bonchev–Trinajstić information content (AvgIpc) is 3.27. The van der Waals surface area contributed by atoms with Crippen molar-refractivity contribution in [3.05, 3.63) is 52.4 Å². The maximum atomic E-state index is 13.9. The van der Waals surface area contributed by atoms with Crippen LogP contribution >= 0.6 is 0 Å². The van der Waals surface area contributed by atoms with E-state index in [1.165, 1.54) is 9.47 Å². The number of benzene rings is 2. The number of imidazole rings is 1. The fourth-order valence-electron chi connectivity index (χ4n) is 6.31. The Hall–Kier alpha value is -4.48. The number of piperidine rings is 2. The quantitative estimate of drug-likeness (QED) is 0.363. The van der Waals surface area contributed by atoms with Crippen LogP contribution in [-0.4, -0.2) is 82.8 Å². The monoisotopic (exact) mass is 621 g/mol. The van der Waals surface area contributed by atoms with Gasteiger partial charge in [-0.1, -0.05) is 12.1 Å². The largest absolute Gasteiger partial charge is 0.497 e. The van der Waals surface area contributed by atoms with Crippen LogP contribution in [0.1, 0.15) is 58.1 Å². The van der Waals surface area contributed by atoms with Gasteiger partial charge in [-0.15, -0.1) is 0 Å². The normalized spacial score (nSPS) is 18.0. The number of nitrogens with zero attached hydrogens (tertiary/aromatic N) is 5. The Balaban J connectivity index is 1.44. The third kappa shape index (κ3) is 6.23. The SMILES string of the molecule is COc1ccc(CN2C(=O)CCC(n3c(=O)n(C)c4c(N5CCC(N(C)C(=O)OC(C)(C)C)CC5)c(OC)ccc43)C2=O)cc1. The van der Waals surface area contributed by atoms with Gasteiger partial charge >= 0.3 is 11.8 Å². The summed E-state index contributed by atoms with van der Waals surface area (Å²) in [5, 5.41) is 0. The summed E-state index contributed by atoms with van der Waals surface area (Å²) in [6.45, 7) is 6.91. The predicted octanol–water partition coefficient (Wildman–Crippen LogP) is 4.08. The van der Waals surface area contributed by atoms with E-state index in [9.17, 15) is 19.2 Å². The maximum absolute atomic E-state index is 13.9. The highest BCUT2D eigenvalue weighted by Crippen LogP contribution is 2.39. The van der Waals surface area contributed by atoms with Crippen LogP contribution in [0.5, 0.6) is 11.5 Å². The second kappa shape index (κ2) is 12.5. The van der Waals surface area contributed by atoms with Gasteiger partial charge in [-0.25, -0.2) is 9.59 Å². The summed E-state index contributed by atoms with van der Waals surface area (Å²) in [5.74, 6) is 0.628. The molecule has 45 heavy (non-hydrogen) atoms. The number of carbonyl (C=O) groups excluding carboxylic acids is 3. The van der Waals surface area contributed by atoms with Crippen LogP contribution in [-0.2, 0) is 27.9 Å². The predicted molar refractivity (Wildman–Crippen MR) is 170 cm³/mol. The summed E-state index contributed by atoms with van der Waals surface area (Å²) >= 11 is 0. The summed E-state index contributed by atoms with van der Waals surface area (Å²) in [6.07, 6.45) is 1.44. The van der Waals surface area contributed by atoms with E-state index in [0.29, 0.717) is 48.5 Å². The Morgan fingerprint density at radius 3 is 2.22 bits per heavy atom. The van der Waals surface area contributed by atoms with Crippen LogP contribution in [0, 0.1) is 0 Å². The highest BCUT2D eigenvalue weighted by molar-refractivity contribution is 6.01. The molecule has 1 atom stereocenters. The molecule has 242 valence electrons. The third-order valence-corrected chi connectivity index (χ3v) is 8.71. The topological polar surface area (TPSA) is 116 Å². The van der Waals surface area contributed by atoms with Crippen molar-refractivity contribution in [1.82, 2.24) is 18.9 Å². The lowest BCUT2D eigenvalue weighted by molar-refractivity contribution is -0.151. The molecule has 5 rings (SSSR count). The number of aromatic nitrogens is 2. The van der Waals surface area contributed by atoms with E-state index >= 15 is 0 Å². The molecule has 0 N–H and O–H groups in total. The van der Waals surface area contributed by atoms with Gasteiger partial charge in [0.2, 0.25) is 5.91 Å². The summed E-state index contributed by atoms with van der Waals surface area (Å²) < 4.78 is 19.7. The molecule has 1 aromatic heterocycles. The van der Waals surface area contributed by atoms with Crippen molar-refractivity contribution in [1.29, 1.82) is 0 Å². The van der Waals surface area contributed by atoms with Gasteiger partial charge in [0.25, 0.3) is 5.91 Å². The summed E-state index contributed by atoms with van der Waals surface area (Å²) in [4.78, 5) is 58.4. The van der Waals surface area contributed by atoms with Crippen molar-refractivity contribution in [2.75, 3.05) is 39.3 Å². The van der Waals surface area contributed by atoms with E-state index in [0.717, 1.165) is 11.3 Å². The standard InChI is InChI=1S/C33H43N5O7/c1-33(2,3)45-32(42)34(4)22-16-18-36(19-17-22)29-26(44-7)14-12-24-28(29)35(5)31(41)38(24)25-13-15-27(39)37(30(25)40)20-21-8-10-23(43-6)11-9-21/h8-12,14,22,25H,13,15-20H2,1-7H3. The molecule has 3 aromatic rings. The van der Waals surface area contributed by atoms with Gasteiger partial charge in [0.05, 0.1) is 31.8 Å². The van der Waals surface area contributed by atoms with Gasteiger partial charge in [0.15, 0.2) is 0 Å². The molecule has 12 nitrogen and oxygen atoms in total. The van der Waals surface area contributed by atoms with Gasteiger partial charge in [-0.2, -0.15) is 0 Å². The molecule has 2 aromatic carbocycles. The van der Waals surface area contributed by atoms with E-state index in [-0.39, 0.29) is 43.1 Å². The van der Waals surface area contributed by atoms with E-state index in [1.807, 2.05) is 39.0 Å². The molecule has 12 heteroatoms. The number of rotatable bonds is 7. The first-order valence-corrected chi connectivity index (χ1v) is 15.3. The van der Waals surface area contributed by atoms with Gasteiger partial charge in [-0.3, -0.25) is 23.6 Å². The number of fused-ring (bicyclic) bond motifs is 1. The molecule has 2 fully saturated rings. The van der Waals surface area contributed by atoms with Crippen LogP contribution in [0.4, 0.5) is 10.5 Å². The molecular formula is C33H43N5O7. The minimum Gasteiger partial charge on any atom is -0.497 e. The van der Waals surface area contributed by atoms with Crippen LogP contribution in [0.2, 0.25) is 0 Å². The zero-order valence-corrected chi connectivity index (χ0v) is 27.2. The summed E-state index contributed by atoms with van der Waals surface area (Å²) in [7, 11) is 6.63. The second-order valence-corrected chi connectivity index (χ2v) is 12.7. The highest BCUT2D eigenvalue weighted by Gasteiger charge is 2.38.